The molecule has 1 saturated heterocycles. The number of benzene rings is 1. The van der Waals surface area contributed by atoms with Gasteiger partial charge in [-0.2, -0.15) is 0 Å². The highest BCUT2D eigenvalue weighted by atomic mass is 32.1. The summed E-state index contributed by atoms with van der Waals surface area (Å²) in [6, 6.07) is 11.7. The summed E-state index contributed by atoms with van der Waals surface area (Å²) in [5, 5.41) is 2.01. The summed E-state index contributed by atoms with van der Waals surface area (Å²) < 4.78 is 0. The number of hydrogen-bond donors (Lipinski definition) is 0. The van der Waals surface area contributed by atoms with Crippen molar-refractivity contribution in [1.82, 2.24) is 4.90 Å². The van der Waals surface area contributed by atoms with Crippen molar-refractivity contribution in [3.8, 4) is 0 Å². The highest BCUT2D eigenvalue weighted by Crippen LogP contribution is 2.22. The molecule has 2 heterocycles. The van der Waals surface area contributed by atoms with Gasteiger partial charge in [-0.05, 0) is 41.6 Å². The molecule has 0 N–H and O–H groups in total. The lowest BCUT2D eigenvalue weighted by atomic mass is 10.2. The third-order valence-electron chi connectivity index (χ3n) is 4.28. The van der Waals surface area contributed by atoms with E-state index >= 15 is 0 Å². The van der Waals surface area contributed by atoms with Crippen molar-refractivity contribution >= 4 is 34.9 Å². The molecule has 1 aliphatic rings. The fourth-order valence-electron chi connectivity index (χ4n) is 2.94. The summed E-state index contributed by atoms with van der Waals surface area (Å²) >= 11 is 1.64. The van der Waals surface area contributed by atoms with Gasteiger partial charge in [0.1, 0.15) is 0 Å². The average Bonchev–Trinajstić information content (AvgIpc) is 3.31. The number of anilines is 1. The van der Waals surface area contributed by atoms with E-state index in [2.05, 4.69) is 6.58 Å². The lowest BCUT2D eigenvalue weighted by molar-refractivity contribution is -0.126. The van der Waals surface area contributed by atoms with Crippen LogP contribution in [0.3, 0.4) is 0 Å². The molecule has 1 fully saturated rings. The second-order valence-corrected chi connectivity index (χ2v) is 7.19. The molecular weight excluding hydrogens is 344 g/mol. The van der Waals surface area contributed by atoms with E-state index in [0.29, 0.717) is 19.5 Å². The summed E-state index contributed by atoms with van der Waals surface area (Å²) in [6.45, 7) is 5.62. The van der Waals surface area contributed by atoms with E-state index in [9.17, 15) is 9.59 Å². The zero-order valence-corrected chi connectivity index (χ0v) is 15.5. The zero-order chi connectivity index (χ0) is 18.4. The maximum Gasteiger partial charge on any atom is 0.247 e. The van der Waals surface area contributed by atoms with Crippen molar-refractivity contribution in [1.29, 1.82) is 0 Å². The van der Waals surface area contributed by atoms with Crippen molar-refractivity contribution in [3.63, 3.8) is 0 Å². The van der Waals surface area contributed by atoms with Crippen LogP contribution in [0.25, 0.3) is 6.08 Å². The number of thiophene rings is 1. The number of nitrogens with zero attached hydrogens (tertiary/aromatic N) is 2. The Hall–Kier alpha value is -2.66. The van der Waals surface area contributed by atoms with Gasteiger partial charge < -0.3 is 9.80 Å². The molecular formula is C21H22N2O2S. The van der Waals surface area contributed by atoms with Gasteiger partial charge in [0.15, 0.2) is 0 Å². The van der Waals surface area contributed by atoms with E-state index < -0.39 is 0 Å². The normalized spacial score (nSPS) is 14.2. The van der Waals surface area contributed by atoms with E-state index in [4.69, 9.17) is 0 Å². The van der Waals surface area contributed by atoms with E-state index in [1.807, 2.05) is 52.8 Å². The quantitative estimate of drug-likeness (QED) is 0.547. The maximum absolute atomic E-state index is 12.5. The van der Waals surface area contributed by atoms with E-state index in [1.165, 1.54) is 0 Å². The molecule has 0 unspecified atom stereocenters. The van der Waals surface area contributed by atoms with Crippen LogP contribution in [0.4, 0.5) is 5.69 Å². The molecule has 4 nitrogen and oxygen atoms in total. The van der Waals surface area contributed by atoms with Crippen molar-refractivity contribution in [2.45, 2.75) is 19.4 Å². The first-order chi connectivity index (χ1) is 12.7. The fourth-order valence-corrected chi connectivity index (χ4v) is 3.66. The average molecular weight is 366 g/mol. The summed E-state index contributed by atoms with van der Waals surface area (Å²) in [7, 11) is 0. The number of amides is 2. The van der Waals surface area contributed by atoms with Crippen LogP contribution in [0.15, 0.2) is 60.5 Å². The Bertz CT molecular complexity index is 794. The predicted octanol–water partition coefficient (Wildman–Crippen LogP) is 4.10. The Morgan fingerprint density at radius 2 is 2.08 bits per heavy atom. The van der Waals surface area contributed by atoms with Gasteiger partial charge in [-0.1, -0.05) is 24.3 Å². The summed E-state index contributed by atoms with van der Waals surface area (Å²) in [6.07, 6.45) is 6.68. The third-order valence-corrected chi connectivity index (χ3v) is 5.15. The van der Waals surface area contributed by atoms with Crippen molar-refractivity contribution in [2.24, 2.45) is 0 Å². The monoisotopic (exact) mass is 366 g/mol. The minimum absolute atomic E-state index is 0.0444. The summed E-state index contributed by atoms with van der Waals surface area (Å²) in [5.74, 6) is 0.134. The van der Waals surface area contributed by atoms with Crippen LogP contribution in [0.1, 0.15) is 23.3 Å². The molecule has 1 aromatic carbocycles. The van der Waals surface area contributed by atoms with Crippen LogP contribution in [0.5, 0.6) is 0 Å². The Morgan fingerprint density at radius 3 is 2.69 bits per heavy atom. The Morgan fingerprint density at radius 1 is 1.27 bits per heavy atom. The molecule has 0 spiro atoms. The first-order valence-corrected chi connectivity index (χ1v) is 9.56. The number of carbonyl (C=O) groups excluding carboxylic acids is 2. The molecule has 0 bridgehead atoms. The van der Waals surface area contributed by atoms with Gasteiger partial charge in [-0.3, -0.25) is 9.59 Å². The molecule has 1 aromatic heterocycles. The van der Waals surface area contributed by atoms with Gasteiger partial charge in [-0.15, -0.1) is 17.9 Å². The van der Waals surface area contributed by atoms with Gasteiger partial charge in [0.05, 0.1) is 6.54 Å². The molecule has 134 valence electrons. The molecule has 0 radical (unpaired) electrons. The topological polar surface area (TPSA) is 40.6 Å². The third kappa shape index (κ3) is 4.49. The number of rotatable bonds is 7. The van der Waals surface area contributed by atoms with Gasteiger partial charge in [0, 0.05) is 36.2 Å². The van der Waals surface area contributed by atoms with E-state index in [0.717, 1.165) is 29.1 Å². The first-order valence-electron chi connectivity index (χ1n) is 8.68. The minimum atomic E-state index is -0.0444. The molecule has 3 rings (SSSR count). The lowest BCUT2D eigenvalue weighted by Gasteiger charge is -2.18. The first kappa shape index (κ1) is 18.1. The number of hydrogen-bond acceptors (Lipinski definition) is 3. The molecule has 2 aromatic rings. The van der Waals surface area contributed by atoms with Crippen LogP contribution < -0.4 is 4.90 Å². The molecule has 2 amide bonds. The van der Waals surface area contributed by atoms with Crippen LogP contribution in [0.2, 0.25) is 0 Å². The largest absolute Gasteiger partial charge is 0.330 e. The van der Waals surface area contributed by atoms with E-state index in [1.54, 1.807) is 28.4 Å². The van der Waals surface area contributed by atoms with Crippen molar-refractivity contribution in [3.05, 3.63) is 70.9 Å². The molecule has 0 atom stereocenters. The fraction of sp³-hybridized carbons (Fsp3) is 0.238. The second kappa shape index (κ2) is 8.63. The highest BCUT2D eigenvalue weighted by molar-refractivity contribution is 7.09. The van der Waals surface area contributed by atoms with Crippen LogP contribution in [-0.2, 0) is 16.1 Å². The predicted molar refractivity (Wildman–Crippen MR) is 107 cm³/mol. The van der Waals surface area contributed by atoms with E-state index in [-0.39, 0.29) is 11.8 Å². The Kier molecular flexibility index (Phi) is 6.02. The maximum atomic E-state index is 12.5. The van der Waals surface area contributed by atoms with Gasteiger partial charge in [-0.25, -0.2) is 0 Å². The van der Waals surface area contributed by atoms with Gasteiger partial charge >= 0.3 is 0 Å². The Balaban J connectivity index is 1.64. The van der Waals surface area contributed by atoms with Crippen LogP contribution in [0, 0.1) is 0 Å². The highest BCUT2D eigenvalue weighted by Gasteiger charge is 2.21. The smallest absolute Gasteiger partial charge is 0.247 e. The van der Waals surface area contributed by atoms with Crippen LogP contribution >= 0.6 is 11.3 Å². The molecule has 0 aliphatic carbocycles. The molecule has 5 heteroatoms. The van der Waals surface area contributed by atoms with Crippen molar-refractivity contribution < 1.29 is 9.59 Å². The molecule has 0 saturated carbocycles. The lowest BCUT2D eigenvalue weighted by Crippen LogP contribution is -2.28. The minimum Gasteiger partial charge on any atom is -0.330 e. The Labute approximate surface area is 158 Å². The van der Waals surface area contributed by atoms with Crippen LogP contribution in [-0.4, -0.2) is 29.8 Å². The zero-order valence-electron chi connectivity index (χ0n) is 14.6. The summed E-state index contributed by atoms with van der Waals surface area (Å²) in [4.78, 5) is 29.0. The summed E-state index contributed by atoms with van der Waals surface area (Å²) in [5.41, 5.74) is 1.85. The second-order valence-electron chi connectivity index (χ2n) is 6.16. The SMILES string of the molecule is C=CCN(Cc1cccs1)C(=O)/C=C/c1ccc(N2CCCC2=O)cc1. The van der Waals surface area contributed by atoms with Gasteiger partial charge in [0.2, 0.25) is 11.8 Å². The van der Waals surface area contributed by atoms with Gasteiger partial charge in [0.25, 0.3) is 0 Å². The molecule has 26 heavy (non-hydrogen) atoms. The number of carbonyl (C=O) groups is 2. The molecule has 1 aliphatic heterocycles. The van der Waals surface area contributed by atoms with Crippen molar-refractivity contribution in [2.75, 3.05) is 18.0 Å². The standard InChI is InChI=1S/C21H22N2O2S/c1-2-13-22(16-19-5-4-15-26-19)20(24)12-9-17-7-10-18(11-8-17)23-14-3-6-21(23)25/h2,4-5,7-12,15H,1,3,6,13-14,16H2/b12-9+.